The second-order valence-corrected chi connectivity index (χ2v) is 5.97. The predicted octanol–water partition coefficient (Wildman–Crippen LogP) is 4.63. The van der Waals surface area contributed by atoms with Crippen molar-refractivity contribution in [2.24, 2.45) is 0 Å². The molecule has 0 aromatic carbocycles. The third kappa shape index (κ3) is 7.24. The van der Waals surface area contributed by atoms with Gasteiger partial charge in [-0.1, -0.05) is 44.9 Å². The zero-order valence-corrected chi connectivity index (χ0v) is 11.3. The molecule has 2 heteroatoms. The number of hydrogen-bond donors (Lipinski definition) is 0. The second kappa shape index (κ2) is 7.29. The molecule has 0 radical (unpaired) electrons. The molecule has 1 rings (SSSR count). The summed E-state index contributed by atoms with van der Waals surface area (Å²) in [5.74, 6) is 0. The van der Waals surface area contributed by atoms with Crippen LogP contribution in [0, 0.1) is 0 Å². The van der Waals surface area contributed by atoms with Crippen molar-refractivity contribution in [3.63, 3.8) is 0 Å². The summed E-state index contributed by atoms with van der Waals surface area (Å²) < 4.78 is 0. The van der Waals surface area contributed by atoms with Gasteiger partial charge < -0.3 is 0 Å². The van der Waals surface area contributed by atoms with Crippen LogP contribution in [0.1, 0.15) is 78.6 Å². The van der Waals surface area contributed by atoms with E-state index < -0.39 is 0 Å². The third-order valence-corrected chi connectivity index (χ3v) is 2.99. The molecular weight excluding hydrogens is 200 g/mol. The highest BCUT2D eigenvalue weighted by Crippen LogP contribution is 2.20. The molecule has 1 aliphatic carbocycles. The fourth-order valence-corrected chi connectivity index (χ4v) is 2.08. The molecule has 0 aromatic heterocycles. The van der Waals surface area contributed by atoms with Crippen LogP contribution in [0.15, 0.2) is 0 Å². The summed E-state index contributed by atoms with van der Waals surface area (Å²) in [4.78, 5) is 11.0. The molecule has 0 saturated heterocycles. The van der Waals surface area contributed by atoms with E-state index in [0.717, 1.165) is 12.8 Å². The summed E-state index contributed by atoms with van der Waals surface area (Å²) in [5.41, 5.74) is -0.185. The fraction of sp³-hybridized carbons (Fsp3) is 1.00. The average Bonchev–Trinajstić information content (AvgIpc) is 2.22. The predicted molar refractivity (Wildman–Crippen MR) is 67.3 cm³/mol. The van der Waals surface area contributed by atoms with Crippen LogP contribution in [0.3, 0.4) is 0 Å². The van der Waals surface area contributed by atoms with Crippen molar-refractivity contribution in [3.8, 4) is 0 Å². The maximum Gasteiger partial charge on any atom is 0.0952 e. The second-order valence-electron chi connectivity index (χ2n) is 5.97. The number of hydrogen-bond acceptors (Lipinski definition) is 2. The minimum atomic E-state index is -0.185. The van der Waals surface area contributed by atoms with Crippen LogP contribution >= 0.6 is 0 Å². The molecule has 1 saturated carbocycles. The maximum absolute atomic E-state index is 5.58. The van der Waals surface area contributed by atoms with E-state index in [2.05, 4.69) is 0 Å². The van der Waals surface area contributed by atoms with Crippen molar-refractivity contribution >= 4 is 0 Å². The smallest absolute Gasteiger partial charge is 0.0952 e. The van der Waals surface area contributed by atoms with Crippen LogP contribution in [0.2, 0.25) is 0 Å². The Labute approximate surface area is 101 Å². The van der Waals surface area contributed by atoms with Crippen LogP contribution in [-0.2, 0) is 9.78 Å². The Morgan fingerprint density at radius 1 is 0.750 bits per heavy atom. The molecule has 0 spiro atoms. The molecule has 0 bridgehead atoms. The molecular formula is C14H28O2. The van der Waals surface area contributed by atoms with Crippen LogP contribution in [-0.4, -0.2) is 11.7 Å². The van der Waals surface area contributed by atoms with Crippen molar-refractivity contribution in [1.29, 1.82) is 0 Å². The van der Waals surface area contributed by atoms with Gasteiger partial charge in [0.15, 0.2) is 0 Å². The van der Waals surface area contributed by atoms with E-state index in [1.54, 1.807) is 0 Å². The van der Waals surface area contributed by atoms with Crippen LogP contribution in [0.25, 0.3) is 0 Å². The minimum Gasteiger partial charge on any atom is -0.233 e. The Morgan fingerprint density at radius 2 is 1.19 bits per heavy atom. The molecule has 96 valence electrons. The summed E-state index contributed by atoms with van der Waals surface area (Å²) in [6.45, 7) is 6.10. The van der Waals surface area contributed by atoms with Crippen LogP contribution in [0.5, 0.6) is 0 Å². The lowest BCUT2D eigenvalue weighted by Gasteiger charge is -2.24. The lowest BCUT2D eigenvalue weighted by molar-refractivity contribution is -0.374. The Hall–Kier alpha value is -0.0800. The Balaban J connectivity index is 2.25. The Kier molecular flexibility index (Phi) is 6.37. The minimum absolute atomic E-state index is 0.185. The first kappa shape index (κ1) is 14.0. The van der Waals surface area contributed by atoms with Gasteiger partial charge in [0.2, 0.25) is 0 Å². The largest absolute Gasteiger partial charge is 0.233 e. The van der Waals surface area contributed by atoms with Gasteiger partial charge in [0.1, 0.15) is 0 Å². The molecule has 1 aliphatic rings. The molecule has 0 heterocycles. The Bertz CT molecular complexity index is 162. The topological polar surface area (TPSA) is 18.5 Å². The van der Waals surface area contributed by atoms with E-state index in [4.69, 9.17) is 9.78 Å². The van der Waals surface area contributed by atoms with Crippen molar-refractivity contribution in [3.05, 3.63) is 0 Å². The molecule has 0 N–H and O–H groups in total. The first-order chi connectivity index (χ1) is 7.58. The average molecular weight is 228 g/mol. The highest BCUT2D eigenvalue weighted by Gasteiger charge is 2.17. The molecule has 16 heavy (non-hydrogen) atoms. The van der Waals surface area contributed by atoms with Gasteiger partial charge in [-0.3, -0.25) is 0 Å². The molecule has 0 aliphatic heterocycles. The molecule has 1 fully saturated rings. The molecule has 0 unspecified atom stereocenters. The SMILES string of the molecule is CC(C)(C)OOC1CCCCCCCCC1. The van der Waals surface area contributed by atoms with Crippen molar-refractivity contribution < 1.29 is 9.78 Å². The van der Waals surface area contributed by atoms with Crippen LogP contribution < -0.4 is 0 Å². The summed E-state index contributed by atoms with van der Waals surface area (Å²) in [6.07, 6.45) is 12.1. The molecule has 0 atom stereocenters. The van der Waals surface area contributed by atoms with Gasteiger partial charge in [-0.05, 0) is 33.6 Å². The van der Waals surface area contributed by atoms with Gasteiger partial charge in [0.25, 0.3) is 0 Å². The molecule has 0 amide bonds. The monoisotopic (exact) mass is 228 g/mol. The van der Waals surface area contributed by atoms with E-state index in [9.17, 15) is 0 Å². The van der Waals surface area contributed by atoms with Gasteiger partial charge in [-0.2, -0.15) is 0 Å². The number of rotatable bonds is 2. The first-order valence-electron chi connectivity index (χ1n) is 6.92. The summed E-state index contributed by atoms with van der Waals surface area (Å²) in [7, 11) is 0. The quantitative estimate of drug-likeness (QED) is 0.507. The van der Waals surface area contributed by atoms with Crippen molar-refractivity contribution in [1.82, 2.24) is 0 Å². The highest BCUT2D eigenvalue weighted by atomic mass is 17.2. The fourth-order valence-electron chi connectivity index (χ4n) is 2.08. The lowest BCUT2D eigenvalue weighted by atomic mass is 9.99. The molecule has 0 aromatic rings. The third-order valence-electron chi connectivity index (χ3n) is 2.99. The van der Waals surface area contributed by atoms with E-state index in [1.165, 1.54) is 44.9 Å². The van der Waals surface area contributed by atoms with Crippen molar-refractivity contribution in [2.45, 2.75) is 90.3 Å². The van der Waals surface area contributed by atoms with Gasteiger partial charge in [0.05, 0.1) is 11.7 Å². The zero-order chi connectivity index (χ0) is 11.9. The summed E-state index contributed by atoms with van der Waals surface area (Å²) >= 11 is 0. The lowest BCUT2D eigenvalue weighted by Crippen LogP contribution is -2.24. The van der Waals surface area contributed by atoms with Gasteiger partial charge in [-0.25, -0.2) is 9.78 Å². The maximum atomic E-state index is 5.58. The van der Waals surface area contributed by atoms with E-state index in [-0.39, 0.29) is 5.60 Å². The van der Waals surface area contributed by atoms with Crippen molar-refractivity contribution in [2.75, 3.05) is 0 Å². The van der Waals surface area contributed by atoms with Gasteiger partial charge >= 0.3 is 0 Å². The highest BCUT2D eigenvalue weighted by molar-refractivity contribution is 4.62. The first-order valence-corrected chi connectivity index (χ1v) is 6.92. The standard InChI is InChI=1S/C14H28O2/c1-14(2,3)16-15-13-11-9-7-5-4-6-8-10-12-13/h13H,4-12H2,1-3H3. The summed E-state index contributed by atoms with van der Waals surface area (Å²) in [6, 6.07) is 0. The van der Waals surface area contributed by atoms with Gasteiger partial charge in [0, 0.05) is 0 Å². The Morgan fingerprint density at radius 3 is 1.62 bits per heavy atom. The summed E-state index contributed by atoms with van der Waals surface area (Å²) in [5, 5.41) is 0. The normalized spacial score (nSPS) is 21.9. The zero-order valence-electron chi connectivity index (χ0n) is 11.3. The van der Waals surface area contributed by atoms with E-state index >= 15 is 0 Å². The molecule has 2 nitrogen and oxygen atoms in total. The van der Waals surface area contributed by atoms with E-state index in [0.29, 0.717) is 6.10 Å². The van der Waals surface area contributed by atoms with E-state index in [1.807, 2.05) is 20.8 Å². The van der Waals surface area contributed by atoms with Crippen LogP contribution in [0.4, 0.5) is 0 Å². The van der Waals surface area contributed by atoms with Gasteiger partial charge in [-0.15, -0.1) is 0 Å².